The van der Waals surface area contributed by atoms with E-state index < -0.39 is 0 Å². The molecule has 0 N–H and O–H groups in total. The Balaban J connectivity index is 0.000000300. The molecule has 2 aliphatic heterocycles. The average Bonchev–Trinajstić information content (AvgIpc) is 3.62. The van der Waals surface area contributed by atoms with E-state index in [4.69, 9.17) is 9.72 Å². The number of hydrogen-bond donors (Lipinski definition) is 0. The molecule has 2 aliphatic rings. The number of benzene rings is 6. The summed E-state index contributed by atoms with van der Waals surface area (Å²) in [6, 6.07) is 48.5. The molecule has 0 saturated heterocycles. The standard InChI is InChI=1S/C47H44BN2O.C13H11FN.Ir/c1-45(2,3)31-15-17-39-34(24-31)35-25-33(47(7,8)9)27-37-44(35)50(39)40-22-30(29-19-20-49-38(21-29)28-13-11-10-12-14-28)23-42-43(40)48(37)36-26-32(46(4,5)6)16-18-41(36)51-42;1-9-7-13(15-8-10(9)2)11-3-5-12(14)6-4-11;/h10-13,15-27H,1-9H3;3,5-8H,1-2H3;/q2*-1;. The molecule has 5 heterocycles. The van der Waals surface area contributed by atoms with E-state index in [1.165, 1.54) is 78.3 Å². The van der Waals surface area contributed by atoms with E-state index in [1.54, 1.807) is 6.07 Å². The summed E-state index contributed by atoms with van der Waals surface area (Å²) < 4.78 is 22.2. The summed E-state index contributed by atoms with van der Waals surface area (Å²) in [5, 5.41) is 2.62. The van der Waals surface area contributed by atoms with E-state index in [1.807, 2.05) is 50.5 Å². The third kappa shape index (κ3) is 8.36. The van der Waals surface area contributed by atoms with Crippen molar-refractivity contribution in [3.05, 3.63) is 179 Å². The third-order valence-corrected chi connectivity index (χ3v) is 13.5. The summed E-state index contributed by atoms with van der Waals surface area (Å²) in [4.78, 5) is 9.01. The topological polar surface area (TPSA) is 39.9 Å². The summed E-state index contributed by atoms with van der Waals surface area (Å²) in [6.45, 7) is 24.9. The van der Waals surface area contributed by atoms with Crippen molar-refractivity contribution in [3.63, 3.8) is 0 Å². The van der Waals surface area contributed by atoms with Crippen LogP contribution in [0.1, 0.15) is 90.1 Å². The van der Waals surface area contributed by atoms with E-state index in [9.17, 15) is 4.39 Å². The summed E-state index contributed by atoms with van der Waals surface area (Å²) in [5.74, 6) is 1.58. The Labute approximate surface area is 409 Å². The largest absolute Gasteiger partial charge is 0.458 e. The molecule has 3 aromatic heterocycles. The molecule has 337 valence electrons. The predicted molar refractivity (Wildman–Crippen MR) is 273 cm³/mol. The zero-order chi connectivity index (χ0) is 46.4. The van der Waals surface area contributed by atoms with Crippen molar-refractivity contribution in [3.8, 4) is 50.8 Å². The van der Waals surface area contributed by atoms with Crippen molar-refractivity contribution in [2.45, 2.75) is 92.4 Å². The van der Waals surface area contributed by atoms with Crippen LogP contribution in [0.3, 0.4) is 0 Å². The molecule has 4 nitrogen and oxygen atoms in total. The van der Waals surface area contributed by atoms with Crippen LogP contribution in [-0.2, 0) is 36.4 Å². The summed E-state index contributed by atoms with van der Waals surface area (Å²) in [7, 11) is 0. The van der Waals surface area contributed by atoms with Gasteiger partial charge in [-0.3, -0.25) is 4.39 Å². The van der Waals surface area contributed by atoms with Crippen LogP contribution in [0.5, 0.6) is 11.5 Å². The van der Waals surface area contributed by atoms with Gasteiger partial charge in [0, 0.05) is 60.3 Å². The van der Waals surface area contributed by atoms with Gasteiger partial charge in [-0.2, -0.15) is 0 Å². The minimum Gasteiger partial charge on any atom is -0.458 e. The first kappa shape index (κ1) is 46.0. The van der Waals surface area contributed by atoms with Crippen LogP contribution in [0.2, 0.25) is 0 Å². The number of aromatic nitrogens is 3. The SMILES string of the molecule is CC(C)(C)c1ccc2c(c1)B1c3c(cc(-c4ccnc(-c5[c-]cccc5)c4)cc3-n3c4ccc(C(C)(C)C)cc4c4cc(C(C)(C)C)cc1c43)O2.Cc1cnc(-c2[c-]cc(F)cc2)cc1C.[Ir]. The van der Waals surface area contributed by atoms with E-state index in [-0.39, 0.29) is 48.9 Å². The van der Waals surface area contributed by atoms with Crippen molar-refractivity contribution < 1.29 is 29.2 Å². The number of pyridine rings is 2. The molecule has 6 aromatic carbocycles. The average molecular weight is 1060 g/mol. The van der Waals surface area contributed by atoms with Gasteiger partial charge in [-0.25, -0.2) is 0 Å². The molecule has 0 spiro atoms. The number of halogens is 1. The van der Waals surface area contributed by atoms with Gasteiger partial charge in [0.25, 0.3) is 6.71 Å². The number of hydrogen-bond acceptors (Lipinski definition) is 3. The second kappa shape index (κ2) is 16.9. The van der Waals surface area contributed by atoms with Gasteiger partial charge in [0.05, 0.1) is 5.52 Å². The van der Waals surface area contributed by atoms with Gasteiger partial charge < -0.3 is 19.3 Å². The van der Waals surface area contributed by atoms with Crippen LogP contribution < -0.4 is 21.1 Å². The molecular weight excluding hydrogens is 1000 g/mol. The monoisotopic (exact) mass is 1060 g/mol. The maximum atomic E-state index is 12.7. The van der Waals surface area contributed by atoms with E-state index >= 15 is 0 Å². The fraction of sp³-hybridized carbons (Fsp3) is 0.233. The molecule has 0 aliphatic carbocycles. The molecule has 0 fully saturated rings. The van der Waals surface area contributed by atoms with E-state index in [0.717, 1.165) is 50.7 Å². The summed E-state index contributed by atoms with van der Waals surface area (Å²) in [5.41, 5.74) is 19.6. The van der Waals surface area contributed by atoms with Crippen LogP contribution in [0.4, 0.5) is 4.39 Å². The molecular formula is C60H55BFIrN3O-2. The first-order valence-electron chi connectivity index (χ1n) is 23.0. The Hall–Kier alpha value is -6.14. The molecule has 0 amide bonds. The van der Waals surface area contributed by atoms with Crippen LogP contribution in [0.15, 0.2) is 134 Å². The van der Waals surface area contributed by atoms with Crippen molar-refractivity contribution in [1.82, 2.24) is 14.5 Å². The Morgan fingerprint density at radius 2 is 1.28 bits per heavy atom. The molecule has 7 heteroatoms. The van der Waals surface area contributed by atoms with Crippen LogP contribution in [0, 0.1) is 31.8 Å². The Morgan fingerprint density at radius 1 is 0.597 bits per heavy atom. The molecule has 0 unspecified atom stereocenters. The van der Waals surface area contributed by atoms with Crippen molar-refractivity contribution in [2.24, 2.45) is 0 Å². The Bertz CT molecular complexity index is 3370. The van der Waals surface area contributed by atoms with Crippen molar-refractivity contribution >= 4 is 44.9 Å². The quantitative estimate of drug-likeness (QED) is 0.131. The summed E-state index contributed by atoms with van der Waals surface area (Å²) in [6.07, 6.45) is 3.73. The fourth-order valence-electron chi connectivity index (χ4n) is 9.46. The fourth-order valence-corrected chi connectivity index (χ4v) is 9.46. The zero-order valence-corrected chi connectivity index (χ0v) is 42.6. The van der Waals surface area contributed by atoms with Gasteiger partial charge in [0.2, 0.25) is 0 Å². The van der Waals surface area contributed by atoms with Crippen LogP contribution in [-0.4, -0.2) is 21.2 Å². The molecule has 11 rings (SSSR count). The normalized spacial score (nSPS) is 12.7. The number of aryl methyl sites for hydroxylation is 2. The van der Waals surface area contributed by atoms with Gasteiger partial charge in [0.1, 0.15) is 11.5 Å². The minimum absolute atomic E-state index is 0. The maximum absolute atomic E-state index is 12.7. The van der Waals surface area contributed by atoms with Gasteiger partial charge in [0.15, 0.2) is 0 Å². The Kier molecular flexibility index (Phi) is 11.6. The molecule has 0 atom stereocenters. The second-order valence-electron chi connectivity index (χ2n) is 21.3. The van der Waals surface area contributed by atoms with Crippen LogP contribution >= 0.6 is 0 Å². The zero-order valence-electron chi connectivity index (χ0n) is 40.2. The van der Waals surface area contributed by atoms with E-state index in [2.05, 4.69) is 163 Å². The molecule has 67 heavy (non-hydrogen) atoms. The van der Waals surface area contributed by atoms with Gasteiger partial charge >= 0.3 is 0 Å². The van der Waals surface area contributed by atoms with Crippen LogP contribution in [0.25, 0.3) is 61.1 Å². The second-order valence-corrected chi connectivity index (χ2v) is 21.3. The molecule has 0 bridgehead atoms. The third-order valence-electron chi connectivity index (χ3n) is 13.5. The van der Waals surface area contributed by atoms with Gasteiger partial charge in [-0.15, -0.1) is 65.7 Å². The number of rotatable bonds is 3. The number of ether oxygens (including phenoxy) is 1. The predicted octanol–water partition coefficient (Wildman–Crippen LogP) is 13.4. The van der Waals surface area contributed by atoms with Gasteiger partial charge in [-0.05, 0) is 134 Å². The maximum Gasteiger partial charge on any atom is 0.256 e. The first-order valence-corrected chi connectivity index (χ1v) is 23.0. The minimum atomic E-state index is -0.275. The Morgan fingerprint density at radius 3 is 1.97 bits per heavy atom. The summed E-state index contributed by atoms with van der Waals surface area (Å²) >= 11 is 0. The first-order chi connectivity index (χ1) is 31.3. The smallest absolute Gasteiger partial charge is 0.256 e. The molecule has 1 radical (unpaired) electrons. The molecule has 0 saturated carbocycles. The van der Waals surface area contributed by atoms with Crippen molar-refractivity contribution in [1.29, 1.82) is 0 Å². The van der Waals surface area contributed by atoms with Crippen molar-refractivity contribution in [2.75, 3.05) is 0 Å². The number of nitrogens with zero attached hydrogens (tertiary/aromatic N) is 3. The molecule has 9 aromatic rings. The number of fused-ring (bicyclic) bond motifs is 7. The van der Waals surface area contributed by atoms with E-state index in [0.29, 0.717) is 0 Å². The van der Waals surface area contributed by atoms with Gasteiger partial charge in [-0.1, -0.05) is 104 Å².